The predicted molar refractivity (Wildman–Crippen MR) is 91.3 cm³/mol. The maximum Gasteiger partial charge on any atom is 0.306 e. The molecule has 0 aliphatic heterocycles. The molecule has 1 aromatic heterocycles. The molecule has 0 aliphatic carbocycles. The summed E-state index contributed by atoms with van der Waals surface area (Å²) in [4.78, 5) is 23.6. The first-order chi connectivity index (χ1) is 11.5. The minimum absolute atomic E-state index is 0.0286. The molecule has 0 spiro atoms. The van der Waals surface area contributed by atoms with Crippen molar-refractivity contribution in [3.63, 3.8) is 0 Å². The van der Waals surface area contributed by atoms with Gasteiger partial charge in [0.05, 0.1) is 24.5 Å². The number of fused-ring (bicyclic) bond motifs is 1. The number of aliphatic hydroxyl groups is 1. The van der Waals surface area contributed by atoms with Crippen LogP contribution in [0.25, 0.3) is 10.1 Å². The van der Waals surface area contributed by atoms with Crippen molar-refractivity contribution in [1.82, 2.24) is 0 Å². The number of Topliss-reactive ketones (excluding diaryl/α,β-unsaturated/α-hetero) is 1. The zero-order valence-electron chi connectivity index (χ0n) is 13.6. The highest BCUT2D eigenvalue weighted by Crippen LogP contribution is 2.37. The summed E-state index contributed by atoms with van der Waals surface area (Å²) in [5.74, 6) is -0.775. The van der Waals surface area contributed by atoms with E-state index in [1.54, 1.807) is 18.2 Å². The number of methoxy groups -OCH3 is 1. The number of hydrogen-bond acceptors (Lipinski definition) is 6. The van der Waals surface area contributed by atoms with Crippen LogP contribution in [0.4, 0.5) is 0 Å². The first-order valence-corrected chi connectivity index (χ1v) is 8.39. The lowest BCUT2D eigenvalue weighted by molar-refractivity contribution is -0.141. The average molecular weight is 352 g/mol. The van der Waals surface area contributed by atoms with E-state index in [9.17, 15) is 9.59 Å². The Kier molecular flexibility index (Phi) is 6.16. The molecule has 1 heterocycles. The van der Waals surface area contributed by atoms with Crippen LogP contribution in [0.2, 0.25) is 0 Å². The molecule has 1 aromatic carbocycles. The van der Waals surface area contributed by atoms with Gasteiger partial charge in [0.1, 0.15) is 0 Å². The number of rotatable bonds is 9. The minimum atomic E-state index is -0.981. The normalized spacial score (nSPS) is 12.1. The van der Waals surface area contributed by atoms with Crippen molar-refractivity contribution >= 4 is 33.2 Å². The number of carbonyl (C=O) groups is 2. The summed E-state index contributed by atoms with van der Waals surface area (Å²) in [5, 5.41) is 18.6. The summed E-state index contributed by atoms with van der Waals surface area (Å²) in [6, 6.07) is 5.33. The second-order valence-electron chi connectivity index (χ2n) is 5.44. The quantitative estimate of drug-likeness (QED) is 0.532. The van der Waals surface area contributed by atoms with Gasteiger partial charge in [0.25, 0.3) is 0 Å². The zero-order chi connectivity index (χ0) is 17.7. The molecule has 130 valence electrons. The first kappa shape index (κ1) is 18.2. The number of aliphatic carboxylic acids is 1. The van der Waals surface area contributed by atoms with Crippen LogP contribution in [0.15, 0.2) is 18.2 Å². The monoisotopic (exact) mass is 352 g/mol. The summed E-state index contributed by atoms with van der Waals surface area (Å²) < 4.78 is 11.8. The number of benzene rings is 1. The van der Waals surface area contributed by atoms with Crippen LogP contribution >= 0.6 is 11.3 Å². The van der Waals surface area contributed by atoms with E-state index in [0.29, 0.717) is 29.4 Å². The van der Waals surface area contributed by atoms with Gasteiger partial charge in [0.15, 0.2) is 17.3 Å². The maximum atomic E-state index is 12.2. The number of carbonyl (C=O) groups excluding carboxylic acids is 1. The molecule has 2 N–H and O–H groups in total. The molecule has 2 aromatic rings. The van der Waals surface area contributed by atoms with Crippen molar-refractivity contribution < 1.29 is 29.3 Å². The fraction of sp³-hybridized carbons (Fsp3) is 0.412. The van der Waals surface area contributed by atoms with Gasteiger partial charge >= 0.3 is 5.97 Å². The van der Waals surface area contributed by atoms with Crippen molar-refractivity contribution in [2.24, 2.45) is 5.92 Å². The van der Waals surface area contributed by atoms with Gasteiger partial charge in [-0.05, 0) is 17.5 Å². The van der Waals surface area contributed by atoms with Gasteiger partial charge in [-0.1, -0.05) is 6.92 Å². The standard InChI is InChI=1S/C17H20O6S/c1-10(17(20)21)6-12(19)16-8-11-7-14(23-5-3-4-18)13(22-2)9-15(11)24-16/h7-10,18H,3-6H2,1-2H3,(H,20,21). The fourth-order valence-electron chi connectivity index (χ4n) is 2.17. The molecule has 0 radical (unpaired) electrons. The number of ether oxygens (including phenoxy) is 2. The number of ketones is 1. The second-order valence-corrected chi connectivity index (χ2v) is 6.53. The molecule has 1 unspecified atom stereocenters. The molecule has 2 rings (SSSR count). The Hall–Kier alpha value is -2.12. The summed E-state index contributed by atoms with van der Waals surface area (Å²) in [5.41, 5.74) is 0. The Bertz CT molecular complexity index is 736. The second kappa shape index (κ2) is 8.12. The van der Waals surface area contributed by atoms with Crippen LogP contribution in [-0.4, -0.2) is 42.3 Å². The number of hydrogen-bond donors (Lipinski definition) is 2. The Labute approximate surface area is 143 Å². The fourth-order valence-corrected chi connectivity index (χ4v) is 3.19. The van der Waals surface area contributed by atoms with Crippen LogP contribution in [-0.2, 0) is 4.79 Å². The van der Waals surface area contributed by atoms with E-state index in [-0.39, 0.29) is 18.8 Å². The van der Waals surface area contributed by atoms with Gasteiger partial charge in [-0.25, -0.2) is 0 Å². The van der Waals surface area contributed by atoms with Crippen LogP contribution in [0, 0.1) is 5.92 Å². The minimum Gasteiger partial charge on any atom is -0.493 e. The lowest BCUT2D eigenvalue weighted by Gasteiger charge is -2.10. The van der Waals surface area contributed by atoms with E-state index >= 15 is 0 Å². The number of carboxylic acids is 1. The van der Waals surface area contributed by atoms with Crippen LogP contribution in [0.3, 0.4) is 0 Å². The van der Waals surface area contributed by atoms with E-state index in [4.69, 9.17) is 19.7 Å². The van der Waals surface area contributed by atoms with E-state index in [1.807, 2.05) is 0 Å². The molecule has 0 aliphatic rings. The molecule has 7 heteroatoms. The van der Waals surface area contributed by atoms with Crippen LogP contribution < -0.4 is 9.47 Å². The molecule has 0 bridgehead atoms. The van der Waals surface area contributed by atoms with Gasteiger partial charge in [0, 0.05) is 30.2 Å². The Morgan fingerprint density at radius 2 is 2.00 bits per heavy atom. The molecule has 0 saturated heterocycles. The molecular weight excluding hydrogens is 332 g/mol. The highest BCUT2D eigenvalue weighted by atomic mass is 32.1. The Balaban J connectivity index is 2.26. The number of carboxylic acid groups (broad SMARTS) is 1. The third-order valence-corrected chi connectivity index (χ3v) is 4.69. The molecular formula is C17H20O6S. The van der Waals surface area contributed by atoms with Gasteiger partial charge in [-0.15, -0.1) is 11.3 Å². The summed E-state index contributed by atoms with van der Waals surface area (Å²) in [6.07, 6.45) is 0.487. The van der Waals surface area contributed by atoms with Crippen molar-refractivity contribution in [3.05, 3.63) is 23.1 Å². The van der Waals surface area contributed by atoms with Gasteiger partial charge in [-0.3, -0.25) is 9.59 Å². The predicted octanol–water partition coefficient (Wildman–Crippen LogP) is 2.96. The first-order valence-electron chi connectivity index (χ1n) is 7.57. The lowest BCUT2D eigenvalue weighted by atomic mass is 10.0. The lowest BCUT2D eigenvalue weighted by Crippen LogP contribution is -2.13. The van der Waals surface area contributed by atoms with Gasteiger partial charge < -0.3 is 19.7 Å². The van der Waals surface area contributed by atoms with Crippen molar-refractivity contribution in [2.45, 2.75) is 19.8 Å². The Morgan fingerprint density at radius 3 is 2.62 bits per heavy atom. The molecule has 0 fully saturated rings. The number of aliphatic hydroxyl groups excluding tert-OH is 1. The van der Waals surface area contributed by atoms with Crippen molar-refractivity contribution in [3.8, 4) is 11.5 Å². The average Bonchev–Trinajstić information content (AvgIpc) is 2.97. The molecule has 0 amide bonds. The summed E-state index contributed by atoms with van der Waals surface area (Å²) in [6.45, 7) is 1.93. The van der Waals surface area contributed by atoms with Crippen molar-refractivity contribution in [1.29, 1.82) is 0 Å². The van der Waals surface area contributed by atoms with E-state index in [1.165, 1.54) is 25.4 Å². The molecule has 6 nitrogen and oxygen atoms in total. The SMILES string of the molecule is COc1cc2sc(C(=O)CC(C)C(=O)O)cc2cc1OCCCO. The topological polar surface area (TPSA) is 93.1 Å². The van der Waals surface area contributed by atoms with Gasteiger partial charge in [-0.2, -0.15) is 0 Å². The highest BCUT2D eigenvalue weighted by Gasteiger charge is 2.19. The largest absolute Gasteiger partial charge is 0.493 e. The van der Waals surface area contributed by atoms with E-state index in [0.717, 1.165) is 10.1 Å². The summed E-state index contributed by atoms with van der Waals surface area (Å²) in [7, 11) is 1.54. The molecule has 24 heavy (non-hydrogen) atoms. The maximum absolute atomic E-state index is 12.2. The smallest absolute Gasteiger partial charge is 0.306 e. The zero-order valence-corrected chi connectivity index (χ0v) is 14.4. The third-order valence-electron chi connectivity index (χ3n) is 3.55. The van der Waals surface area contributed by atoms with Gasteiger partial charge in [0.2, 0.25) is 0 Å². The van der Waals surface area contributed by atoms with E-state index < -0.39 is 11.9 Å². The Morgan fingerprint density at radius 1 is 1.25 bits per heavy atom. The summed E-state index contributed by atoms with van der Waals surface area (Å²) >= 11 is 1.31. The van der Waals surface area contributed by atoms with Crippen molar-refractivity contribution in [2.75, 3.05) is 20.3 Å². The molecule has 1 atom stereocenters. The highest BCUT2D eigenvalue weighted by molar-refractivity contribution is 7.20. The van der Waals surface area contributed by atoms with E-state index in [2.05, 4.69) is 0 Å². The number of thiophene rings is 1. The van der Waals surface area contributed by atoms with Crippen LogP contribution in [0.1, 0.15) is 29.4 Å². The third kappa shape index (κ3) is 4.24. The molecule has 0 saturated carbocycles. The van der Waals surface area contributed by atoms with Crippen LogP contribution in [0.5, 0.6) is 11.5 Å².